The molecule has 0 saturated heterocycles. The molecule has 3 aliphatic carbocycles. The number of benzene rings is 1. The van der Waals surface area contributed by atoms with Gasteiger partial charge < -0.3 is 0 Å². The molecule has 1 aromatic carbocycles. The lowest BCUT2D eigenvalue weighted by atomic mass is 9.91. The first kappa shape index (κ1) is 27.5. The molecule has 3 heterocycles. The molecule has 3 fully saturated rings. The first-order chi connectivity index (χ1) is 20.4. The van der Waals surface area contributed by atoms with Crippen molar-refractivity contribution in [3.63, 3.8) is 0 Å². The predicted octanol–water partition coefficient (Wildman–Crippen LogP) is 4.40. The Bertz CT molecular complexity index is 1860. The smallest absolute Gasteiger partial charge is 0.262 e. The fourth-order valence-electron chi connectivity index (χ4n) is 8.55. The maximum atomic E-state index is 14.1. The zero-order valence-corrected chi connectivity index (χ0v) is 24.3. The topological polar surface area (TPSA) is 117 Å². The van der Waals surface area contributed by atoms with E-state index in [4.69, 9.17) is 0 Å². The highest BCUT2D eigenvalue weighted by molar-refractivity contribution is 6.25. The van der Waals surface area contributed by atoms with E-state index >= 15 is 0 Å². The van der Waals surface area contributed by atoms with Crippen LogP contribution in [0.3, 0.4) is 0 Å². The molecule has 0 amide bonds. The molecular formula is C33H39N3O6. The average molecular weight is 574 g/mol. The quantitative estimate of drug-likeness (QED) is 0.357. The molecule has 3 aliphatic rings. The second-order valence-electron chi connectivity index (χ2n) is 13.2. The number of hydrogen-bond acceptors (Lipinski definition) is 6. The largest absolute Gasteiger partial charge is 0.274 e. The summed E-state index contributed by atoms with van der Waals surface area (Å²) < 4.78 is 3.64. The highest BCUT2D eigenvalue weighted by Gasteiger charge is 2.34. The van der Waals surface area contributed by atoms with Crippen molar-refractivity contribution in [2.75, 3.05) is 0 Å². The van der Waals surface area contributed by atoms with E-state index in [1.807, 2.05) is 0 Å². The number of hydrogen-bond donors (Lipinski definition) is 0. The third-order valence-electron chi connectivity index (χ3n) is 10.7. The van der Waals surface area contributed by atoms with Gasteiger partial charge in [-0.3, -0.25) is 42.5 Å². The minimum Gasteiger partial charge on any atom is -0.274 e. The number of aromatic nitrogens is 3. The summed E-state index contributed by atoms with van der Waals surface area (Å²) in [6, 6.07) is -0.644. The zero-order valence-electron chi connectivity index (χ0n) is 24.3. The van der Waals surface area contributed by atoms with Crippen LogP contribution >= 0.6 is 0 Å². The van der Waals surface area contributed by atoms with Crippen molar-refractivity contribution in [1.29, 1.82) is 0 Å². The summed E-state index contributed by atoms with van der Waals surface area (Å²) in [5.74, 6) is 0.140. The zero-order chi connectivity index (χ0) is 29.1. The van der Waals surface area contributed by atoms with Gasteiger partial charge in [0, 0.05) is 18.6 Å². The number of nitrogens with zero attached hydrogens (tertiary/aromatic N) is 3. The van der Waals surface area contributed by atoms with Crippen LogP contribution in [0.2, 0.25) is 0 Å². The summed E-state index contributed by atoms with van der Waals surface area (Å²) in [4.78, 5) is 84.5. The van der Waals surface area contributed by atoms with Crippen LogP contribution in [0.25, 0.3) is 32.3 Å². The molecular weight excluding hydrogens is 534 g/mol. The van der Waals surface area contributed by atoms with E-state index in [2.05, 4.69) is 0 Å². The van der Waals surface area contributed by atoms with Crippen LogP contribution in [0.4, 0.5) is 0 Å². The number of rotatable bonds is 4. The van der Waals surface area contributed by atoms with Gasteiger partial charge in [0.15, 0.2) is 0 Å². The molecule has 0 aliphatic heterocycles. The molecule has 0 atom stereocenters. The molecule has 4 aromatic rings. The average Bonchev–Trinajstić information content (AvgIpc) is 3.50. The van der Waals surface area contributed by atoms with Gasteiger partial charge in [0.2, 0.25) is 0 Å². The minimum absolute atomic E-state index is 0.134. The van der Waals surface area contributed by atoms with Crippen molar-refractivity contribution in [1.82, 2.24) is 13.7 Å². The fraction of sp³-hybridized carbons (Fsp3) is 0.636. The van der Waals surface area contributed by atoms with Gasteiger partial charge >= 0.3 is 0 Å². The normalized spacial score (nSPS) is 20.6. The van der Waals surface area contributed by atoms with Crippen LogP contribution in [0, 0.1) is 5.92 Å². The Morgan fingerprint density at radius 3 is 1.05 bits per heavy atom. The highest BCUT2D eigenvalue weighted by atomic mass is 16.2. The van der Waals surface area contributed by atoms with Crippen molar-refractivity contribution in [2.45, 2.75) is 128 Å². The standard InChI is InChI=1S/C33H39N3O6/c37-28-22-23(29(38)34(28)18-19-12-6-2-1-3-7-13-19)25-27(33(42)36(31(25)40)21-16-10-5-11-17-21)26-24(22)30(39)35(32(26)41)20-14-8-4-9-15-20/h19-21H,1-18H2. The third kappa shape index (κ3) is 4.09. The lowest BCUT2D eigenvalue weighted by Gasteiger charge is -2.21. The summed E-state index contributed by atoms with van der Waals surface area (Å²) in [7, 11) is 0. The van der Waals surface area contributed by atoms with Gasteiger partial charge in [-0.25, -0.2) is 0 Å². The van der Waals surface area contributed by atoms with E-state index in [-0.39, 0.29) is 56.9 Å². The van der Waals surface area contributed by atoms with Crippen LogP contribution in [0.15, 0.2) is 28.8 Å². The summed E-state index contributed by atoms with van der Waals surface area (Å²) >= 11 is 0. The van der Waals surface area contributed by atoms with Gasteiger partial charge in [-0.2, -0.15) is 0 Å². The van der Waals surface area contributed by atoms with Crippen LogP contribution in [0.1, 0.15) is 121 Å². The molecule has 0 spiro atoms. The first-order valence-corrected chi connectivity index (χ1v) is 16.3. The predicted molar refractivity (Wildman–Crippen MR) is 164 cm³/mol. The monoisotopic (exact) mass is 573 g/mol. The van der Waals surface area contributed by atoms with Crippen molar-refractivity contribution < 1.29 is 0 Å². The number of fused-ring (bicyclic) bond motifs is 6. The molecule has 0 bridgehead atoms. The maximum absolute atomic E-state index is 14.1. The van der Waals surface area contributed by atoms with E-state index < -0.39 is 33.4 Å². The van der Waals surface area contributed by atoms with Gasteiger partial charge in [0.1, 0.15) is 0 Å². The molecule has 3 saturated carbocycles. The van der Waals surface area contributed by atoms with E-state index in [9.17, 15) is 28.8 Å². The molecule has 9 heteroatoms. The summed E-state index contributed by atoms with van der Waals surface area (Å²) in [6.45, 7) is 0.221. The molecule has 3 aromatic heterocycles. The molecule has 0 radical (unpaired) electrons. The van der Waals surface area contributed by atoms with E-state index in [1.54, 1.807) is 0 Å². The lowest BCUT2D eigenvalue weighted by Crippen LogP contribution is -2.32. The second kappa shape index (κ2) is 10.7. The molecule has 0 N–H and O–H groups in total. The van der Waals surface area contributed by atoms with E-state index in [0.29, 0.717) is 25.7 Å². The van der Waals surface area contributed by atoms with Crippen LogP contribution < -0.4 is 33.4 Å². The summed E-state index contributed by atoms with van der Waals surface area (Å²) in [6.07, 6.45) is 15.6. The van der Waals surface area contributed by atoms with Crippen LogP contribution in [-0.2, 0) is 6.54 Å². The van der Waals surface area contributed by atoms with Gasteiger partial charge in [-0.1, -0.05) is 70.6 Å². The van der Waals surface area contributed by atoms with Crippen LogP contribution in [0.5, 0.6) is 0 Å². The molecule has 0 unspecified atom stereocenters. The van der Waals surface area contributed by atoms with Crippen molar-refractivity contribution in [2.24, 2.45) is 5.92 Å². The van der Waals surface area contributed by atoms with Crippen molar-refractivity contribution >= 4 is 32.3 Å². The Balaban J connectivity index is 1.57. The summed E-state index contributed by atoms with van der Waals surface area (Å²) in [5.41, 5.74) is -3.65. The van der Waals surface area contributed by atoms with Crippen molar-refractivity contribution in [3.8, 4) is 0 Å². The van der Waals surface area contributed by atoms with E-state index in [0.717, 1.165) is 77.0 Å². The van der Waals surface area contributed by atoms with Gasteiger partial charge in [-0.15, -0.1) is 0 Å². The third-order valence-corrected chi connectivity index (χ3v) is 10.7. The molecule has 7 rings (SSSR count). The van der Waals surface area contributed by atoms with Gasteiger partial charge in [-0.05, 0) is 44.4 Å². The van der Waals surface area contributed by atoms with Crippen molar-refractivity contribution in [3.05, 3.63) is 62.1 Å². The highest BCUT2D eigenvalue weighted by Crippen LogP contribution is 2.32. The molecule has 222 valence electrons. The maximum Gasteiger partial charge on any atom is 0.262 e. The summed E-state index contributed by atoms with van der Waals surface area (Å²) in [5, 5.41) is -0.811. The first-order valence-electron chi connectivity index (χ1n) is 16.3. The van der Waals surface area contributed by atoms with Gasteiger partial charge in [0.25, 0.3) is 33.4 Å². The van der Waals surface area contributed by atoms with Gasteiger partial charge in [0.05, 0.1) is 32.3 Å². The molecule has 9 nitrogen and oxygen atoms in total. The Kier molecular flexibility index (Phi) is 7.02. The van der Waals surface area contributed by atoms with Crippen LogP contribution in [-0.4, -0.2) is 13.7 Å². The fourth-order valence-corrected chi connectivity index (χ4v) is 8.55. The minimum atomic E-state index is -0.612. The van der Waals surface area contributed by atoms with E-state index in [1.165, 1.54) is 20.1 Å². The Morgan fingerprint density at radius 2 is 0.667 bits per heavy atom. The Labute approximate surface area is 241 Å². The Morgan fingerprint density at radius 1 is 0.381 bits per heavy atom. The Hall–Kier alpha value is -3.36. The SMILES string of the molecule is O=c1c2c(c(=O)n1CC1CCCCCCC1)c1c(=O)n(C3CCCCC3)c(=O)c1c1c(=O)n(C3CCCCC3)c(=O)c21. The molecule has 42 heavy (non-hydrogen) atoms. The second-order valence-corrected chi connectivity index (χ2v) is 13.2. The lowest BCUT2D eigenvalue weighted by molar-refractivity contribution is 0.334.